The maximum absolute atomic E-state index is 11.5. The molecule has 0 unspecified atom stereocenters. The van der Waals surface area contributed by atoms with Crippen molar-refractivity contribution in [2.24, 2.45) is 4.99 Å². The summed E-state index contributed by atoms with van der Waals surface area (Å²) in [5, 5.41) is 11.7. The van der Waals surface area contributed by atoms with Crippen molar-refractivity contribution in [2.45, 2.75) is 52.6 Å². The maximum atomic E-state index is 11.5. The van der Waals surface area contributed by atoms with Crippen LogP contribution in [0.15, 0.2) is 4.99 Å². The van der Waals surface area contributed by atoms with Gasteiger partial charge in [0.2, 0.25) is 5.91 Å². The highest BCUT2D eigenvalue weighted by molar-refractivity contribution is 5.81. The normalized spacial score (nSPS) is 11.6. The van der Waals surface area contributed by atoms with E-state index in [0.29, 0.717) is 38.6 Å². The monoisotopic (exact) mass is 343 g/mol. The average Bonchev–Trinajstić information content (AvgIpc) is 2.49. The molecular formula is C16H33N5O3. The van der Waals surface area contributed by atoms with Crippen LogP contribution in [0.5, 0.6) is 0 Å². The molecule has 0 aromatic heterocycles. The van der Waals surface area contributed by atoms with Gasteiger partial charge in [-0.25, -0.2) is 4.79 Å². The van der Waals surface area contributed by atoms with E-state index in [2.05, 4.69) is 26.3 Å². The van der Waals surface area contributed by atoms with Gasteiger partial charge in [-0.15, -0.1) is 0 Å². The second-order valence-electron chi connectivity index (χ2n) is 6.31. The predicted octanol–water partition coefficient (Wildman–Crippen LogP) is 0.983. The predicted molar refractivity (Wildman–Crippen MR) is 96.1 cm³/mol. The summed E-state index contributed by atoms with van der Waals surface area (Å²) in [4.78, 5) is 27.0. The molecule has 0 heterocycles. The third kappa shape index (κ3) is 13.7. The molecule has 0 atom stereocenters. The minimum Gasteiger partial charge on any atom is -0.444 e. The Balaban J connectivity index is 3.73. The van der Waals surface area contributed by atoms with Crippen LogP contribution in [-0.2, 0) is 9.53 Å². The standard InChI is InChI=1S/C16H33N5O3/c1-6-9-18-13(22)8-12-20-14(17-5)19-10-7-11-21-15(23)24-16(2,3)4/h6-12H2,1-5H3,(H,18,22)(H,21,23)(H2,17,19,20). The number of nitrogens with one attached hydrogen (secondary N) is 4. The Hall–Kier alpha value is -1.99. The second kappa shape index (κ2) is 12.4. The van der Waals surface area contributed by atoms with Crippen molar-refractivity contribution >= 4 is 18.0 Å². The van der Waals surface area contributed by atoms with Gasteiger partial charge in [0.25, 0.3) is 0 Å². The molecule has 140 valence electrons. The Bertz CT molecular complexity index is 405. The highest BCUT2D eigenvalue weighted by Crippen LogP contribution is 2.06. The molecule has 0 saturated heterocycles. The molecule has 8 heteroatoms. The fraction of sp³-hybridized carbons (Fsp3) is 0.812. The van der Waals surface area contributed by atoms with E-state index in [4.69, 9.17) is 4.74 Å². The van der Waals surface area contributed by atoms with Gasteiger partial charge < -0.3 is 26.0 Å². The number of rotatable bonds is 9. The lowest BCUT2D eigenvalue weighted by Crippen LogP contribution is -2.40. The summed E-state index contributed by atoms with van der Waals surface area (Å²) < 4.78 is 5.15. The van der Waals surface area contributed by atoms with Crippen LogP contribution in [0.4, 0.5) is 4.79 Å². The molecule has 0 aromatic rings. The number of ether oxygens (including phenoxy) is 1. The molecule has 24 heavy (non-hydrogen) atoms. The van der Waals surface area contributed by atoms with Crippen molar-refractivity contribution in [3.05, 3.63) is 0 Å². The number of carbonyl (C=O) groups is 2. The first-order valence-corrected chi connectivity index (χ1v) is 8.46. The molecule has 0 rings (SSSR count). The summed E-state index contributed by atoms with van der Waals surface area (Å²) in [6.45, 7) is 9.88. The molecule has 0 aliphatic heterocycles. The van der Waals surface area contributed by atoms with Gasteiger partial charge in [0.15, 0.2) is 5.96 Å². The zero-order chi connectivity index (χ0) is 18.4. The van der Waals surface area contributed by atoms with E-state index in [1.54, 1.807) is 7.05 Å². The van der Waals surface area contributed by atoms with Crippen LogP contribution in [0.25, 0.3) is 0 Å². The Morgan fingerprint density at radius 3 is 2.17 bits per heavy atom. The Morgan fingerprint density at radius 1 is 0.958 bits per heavy atom. The van der Waals surface area contributed by atoms with Crippen LogP contribution < -0.4 is 21.3 Å². The van der Waals surface area contributed by atoms with Gasteiger partial charge in [0, 0.05) is 39.6 Å². The van der Waals surface area contributed by atoms with Gasteiger partial charge in [-0.1, -0.05) is 6.92 Å². The van der Waals surface area contributed by atoms with Gasteiger partial charge >= 0.3 is 6.09 Å². The van der Waals surface area contributed by atoms with Crippen LogP contribution in [0, 0.1) is 0 Å². The van der Waals surface area contributed by atoms with Crippen LogP contribution in [-0.4, -0.2) is 56.8 Å². The summed E-state index contributed by atoms with van der Waals surface area (Å²) in [6.07, 6.45) is 1.65. The summed E-state index contributed by atoms with van der Waals surface area (Å²) >= 11 is 0. The molecule has 8 nitrogen and oxygen atoms in total. The highest BCUT2D eigenvalue weighted by atomic mass is 16.6. The van der Waals surface area contributed by atoms with Gasteiger partial charge in [0.05, 0.1) is 0 Å². The molecule has 0 aromatic carbocycles. The number of amides is 2. The Kier molecular flexibility index (Phi) is 11.4. The first kappa shape index (κ1) is 22.0. The van der Waals surface area contributed by atoms with Crippen molar-refractivity contribution in [3.8, 4) is 0 Å². The summed E-state index contributed by atoms with van der Waals surface area (Å²) in [6, 6.07) is 0. The minimum absolute atomic E-state index is 0.0290. The molecular weight excluding hydrogens is 310 g/mol. The van der Waals surface area contributed by atoms with Crippen molar-refractivity contribution in [2.75, 3.05) is 33.2 Å². The largest absolute Gasteiger partial charge is 0.444 e. The van der Waals surface area contributed by atoms with E-state index in [-0.39, 0.29) is 5.91 Å². The van der Waals surface area contributed by atoms with Gasteiger partial charge in [-0.05, 0) is 33.6 Å². The van der Waals surface area contributed by atoms with Crippen molar-refractivity contribution in [1.82, 2.24) is 21.3 Å². The first-order valence-electron chi connectivity index (χ1n) is 8.46. The molecule has 0 aliphatic rings. The molecule has 0 spiro atoms. The van der Waals surface area contributed by atoms with Crippen LogP contribution in [0.3, 0.4) is 0 Å². The van der Waals surface area contributed by atoms with Crippen molar-refractivity contribution < 1.29 is 14.3 Å². The van der Waals surface area contributed by atoms with Crippen molar-refractivity contribution in [3.63, 3.8) is 0 Å². The molecule has 0 aliphatic carbocycles. The van der Waals surface area contributed by atoms with Crippen LogP contribution in [0.2, 0.25) is 0 Å². The van der Waals surface area contributed by atoms with E-state index in [0.717, 1.165) is 12.8 Å². The van der Waals surface area contributed by atoms with E-state index >= 15 is 0 Å². The topological polar surface area (TPSA) is 104 Å². The Morgan fingerprint density at radius 2 is 1.58 bits per heavy atom. The molecule has 0 fully saturated rings. The van der Waals surface area contributed by atoms with Crippen LogP contribution >= 0.6 is 0 Å². The lowest BCUT2D eigenvalue weighted by Gasteiger charge is -2.19. The third-order valence-electron chi connectivity index (χ3n) is 2.75. The van der Waals surface area contributed by atoms with E-state index < -0.39 is 11.7 Å². The van der Waals surface area contributed by atoms with Crippen molar-refractivity contribution in [1.29, 1.82) is 0 Å². The van der Waals surface area contributed by atoms with Gasteiger partial charge in [-0.2, -0.15) is 0 Å². The zero-order valence-electron chi connectivity index (χ0n) is 15.6. The van der Waals surface area contributed by atoms with E-state index in [1.807, 2.05) is 27.7 Å². The number of guanidine groups is 1. The summed E-state index contributed by atoms with van der Waals surface area (Å²) in [7, 11) is 1.67. The lowest BCUT2D eigenvalue weighted by molar-refractivity contribution is -0.120. The number of hydrogen-bond acceptors (Lipinski definition) is 4. The lowest BCUT2D eigenvalue weighted by atomic mass is 10.2. The molecule has 0 saturated carbocycles. The number of carbonyl (C=O) groups excluding carboxylic acids is 2. The first-order chi connectivity index (χ1) is 11.3. The minimum atomic E-state index is -0.488. The molecule has 0 radical (unpaired) electrons. The van der Waals surface area contributed by atoms with Crippen LogP contribution in [0.1, 0.15) is 47.0 Å². The number of hydrogen-bond donors (Lipinski definition) is 4. The number of nitrogens with zero attached hydrogens (tertiary/aromatic N) is 1. The molecule has 4 N–H and O–H groups in total. The van der Waals surface area contributed by atoms with Gasteiger partial charge in [-0.3, -0.25) is 9.79 Å². The molecule has 0 bridgehead atoms. The highest BCUT2D eigenvalue weighted by Gasteiger charge is 2.15. The SMILES string of the molecule is CCCNC(=O)CCNC(=NC)NCCCNC(=O)OC(C)(C)C. The average molecular weight is 343 g/mol. The number of aliphatic imine (C=N–C) groups is 1. The van der Waals surface area contributed by atoms with E-state index in [1.165, 1.54) is 0 Å². The third-order valence-corrected chi connectivity index (χ3v) is 2.75. The van der Waals surface area contributed by atoms with Gasteiger partial charge in [0.1, 0.15) is 5.60 Å². The summed E-state index contributed by atoms with van der Waals surface area (Å²) in [5.74, 6) is 0.664. The maximum Gasteiger partial charge on any atom is 0.407 e. The fourth-order valence-corrected chi connectivity index (χ4v) is 1.67. The second-order valence-corrected chi connectivity index (χ2v) is 6.31. The summed E-state index contributed by atoms with van der Waals surface area (Å²) in [5.41, 5.74) is -0.488. The van der Waals surface area contributed by atoms with E-state index in [9.17, 15) is 9.59 Å². The smallest absolute Gasteiger partial charge is 0.407 e. The quantitative estimate of drug-likeness (QED) is 0.284. The zero-order valence-corrected chi connectivity index (χ0v) is 15.6. The number of alkyl carbamates (subject to hydrolysis) is 1. The molecule has 2 amide bonds. The Labute approximate surface area is 145 Å². The fourth-order valence-electron chi connectivity index (χ4n) is 1.67.